The van der Waals surface area contributed by atoms with E-state index in [1.807, 2.05) is 77.8 Å². The number of methoxy groups -OCH3 is 3. The average Bonchev–Trinajstić information content (AvgIpc) is 3.04. The highest BCUT2D eigenvalue weighted by Gasteiger charge is 2.46. The van der Waals surface area contributed by atoms with Crippen LogP contribution >= 0.6 is 0 Å². The van der Waals surface area contributed by atoms with Crippen LogP contribution in [0.2, 0.25) is 0 Å². The quantitative estimate of drug-likeness (QED) is 0.364. The molecule has 7 nitrogen and oxygen atoms in total. The second kappa shape index (κ2) is 11.1. The second-order valence-electron chi connectivity index (χ2n) is 7.56. The number of nitrogens with zero attached hydrogens (tertiary/aromatic N) is 1. The van der Waals surface area contributed by atoms with Crippen molar-refractivity contribution in [2.75, 3.05) is 21.3 Å². The topological polar surface area (TPSA) is 82.1 Å². The summed E-state index contributed by atoms with van der Waals surface area (Å²) < 4.78 is 15.0. The van der Waals surface area contributed by atoms with E-state index in [2.05, 4.69) is 0 Å². The van der Waals surface area contributed by atoms with Crippen molar-refractivity contribution in [1.82, 2.24) is 4.90 Å². The van der Waals surface area contributed by atoms with Gasteiger partial charge >= 0.3 is 17.9 Å². The van der Waals surface area contributed by atoms with Crippen molar-refractivity contribution >= 4 is 17.9 Å². The van der Waals surface area contributed by atoms with Crippen LogP contribution in [0.5, 0.6) is 0 Å². The van der Waals surface area contributed by atoms with E-state index in [1.54, 1.807) is 6.20 Å². The molecule has 2 atom stereocenters. The summed E-state index contributed by atoms with van der Waals surface area (Å²) in [5.74, 6) is -4.98. The molecular weight excluding hydrogens is 422 g/mol. The van der Waals surface area contributed by atoms with Crippen LogP contribution in [0.4, 0.5) is 0 Å². The van der Waals surface area contributed by atoms with Gasteiger partial charge in [-0.2, -0.15) is 0 Å². The fourth-order valence-corrected chi connectivity index (χ4v) is 4.05. The number of hydrogen-bond donors (Lipinski definition) is 0. The van der Waals surface area contributed by atoms with Crippen LogP contribution < -0.4 is 0 Å². The van der Waals surface area contributed by atoms with Gasteiger partial charge in [0.2, 0.25) is 0 Å². The number of ether oxygens (including phenoxy) is 3. The molecule has 2 aromatic rings. The Morgan fingerprint density at radius 1 is 0.848 bits per heavy atom. The third-order valence-electron chi connectivity index (χ3n) is 5.62. The van der Waals surface area contributed by atoms with Gasteiger partial charge in [-0.1, -0.05) is 66.7 Å². The molecule has 0 amide bonds. The van der Waals surface area contributed by atoms with E-state index in [0.29, 0.717) is 6.54 Å². The SMILES string of the molecule is COC(=O)C1=CN(Cc2ccccc2)C=C[C@H](c2ccccc2)[C@@H]1C(C(=O)OC)C(=O)OC. The van der Waals surface area contributed by atoms with Gasteiger partial charge in [-0.05, 0) is 11.1 Å². The van der Waals surface area contributed by atoms with Gasteiger partial charge < -0.3 is 19.1 Å². The first-order valence-corrected chi connectivity index (χ1v) is 10.5. The molecule has 2 aromatic carbocycles. The monoisotopic (exact) mass is 449 g/mol. The lowest BCUT2D eigenvalue weighted by Crippen LogP contribution is -2.39. The number of rotatable bonds is 7. The molecule has 33 heavy (non-hydrogen) atoms. The fourth-order valence-electron chi connectivity index (χ4n) is 4.05. The van der Waals surface area contributed by atoms with Crippen LogP contribution in [0.3, 0.4) is 0 Å². The summed E-state index contributed by atoms with van der Waals surface area (Å²) in [7, 11) is 3.67. The van der Waals surface area contributed by atoms with Gasteiger partial charge in [-0.15, -0.1) is 0 Å². The Hall–Kier alpha value is -3.87. The van der Waals surface area contributed by atoms with Gasteiger partial charge in [0, 0.05) is 30.8 Å². The number of carbonyl (C=O) groups is 3. The molecule has 0 aliphatic carbocycles. The number of carbonyl (C=O) groups excluding carboxylic acids is 3. The summed E-state index contributed by atoms with van der Waals surface area (Å²) in [5, 5.41) is 0. The highest BCUT2D eigenvalue weighted by atomic mass is 16.5. The Balaban J connectivity index is 2.18. The van der Waals surface area contributed by atoms with Crippen molar-refractivity contribution in [3.05, 3.63) is 95.8 Å². The summed E-state index contributed by atoms with van der Waals surface area (Å²) in [6.07, 6.45) is 5.36. The van der Waals surface area contributed by atoms with Gasteiger partial charge in [0.15, 0.2) is 5.92 Å². The maximum Gasteiger partial charge on any atom is 0.335 e. The third-order valence-corrected chi connectivity index (χ3v) is 5.62. The zero-order valence-corrected chi connectivity index (χ0v) is 18.8. The lowest BCUT2D eigenvalue weighted by Gasteiger charge is -2.29. The molecule has 0 unspecified atom stereocenters. The molecule has 0 bridgehead atoms. The lowest BCUT2D eigenvalue weighted by molar-refractivity contribution is -0.161. The highest BCUT2D eigenvalue weighted by molar-refractivity contribution is 5.99. The van der Waals surface area contributed by atoms with E-state index < -0.39 is 35.7 Å². The van der Waals surface area contributed by atoms with E-state index in [9.17, 15) is 14.4 Å². The highest BCUT2D eigenvalue weighted by Crippen LogP contribution is 2.40. The molecule has 0 N–H and O–H groups in total. The first-order chi connectivity index (χ1) is 16.0. The van der Waals surface area contributed by atoms with Crippen molar-refractivity contribution < 1.29 is 28.6 Å². The van der Waals surface area contributed by atoms with Crippen molar-refractivity contribution in [3.63, 3.8) is 0 Å². The Morgan fingerprint density at radius 2 is 1.42 bits per heavy atom. The van der Waals surface area contributed by atoms with E-state index in [0.717, 1.165) is 11.1 Å². The van der Waals surface area contributed by atoms with Crippen molar-refractivity contribution in [1.29, 1.82) is 0 Å². The Labute approximate surface area is 193 Å². The molecular formula is C26H27NO6. The number of hydrogen-bond acceptors (Lipinski definition) is 7. The minimum absolute atomic E-state index is 0.174. The Kier molecular flexibility index (Phi) is 8.02. The van der Waals surface area contributed by atoms with Crippen LogP contribution in [0.15, 0.2) is 84.7 Å². The summed E-state index contributed by atoms with van der Waals surface area (Å²) >= 11 is 0. The predicted octanol–water partition coefficient (Wildman–Crippen LogP) is 3.44. The predicted molar refractivity (Wildman–Crippen MR) is 121 cm³/mol. The fraction of sp³-hybridized carbons (Fsp3) is 0.269. The number of benzene rings is 2. The maximum atomic E-state index is 13.0. The normalized spacial score (nSPS) is 17.7. The molecule has 172 valence electrons. The van der Waals surface area contributed by atoms with E-state index in [-0.39, 0.29) is 5.57 Å². The van der Waals surface area contributed by atoms with Crippen LogP contribution in [0, 0.1) is 11.8 Å². The van der Waals surface area contributed by atoms with Gasteiger partial charge in [0.25, 0.3) is 0 Å². The maximum absolute atomic E-state index is 13.0. The summed E-state index contributed by atoms with van der Waals surface area (Å²) in [4.78, 5) is 40.4. The molecule has 7 heteroatoms. The van der Waals surface area contributed by atoms with Crippen LogP contribution in [-0.4, -0.2) is 44.1 Å². The van der Waals surface area contributed by atoms with E-state index in [4.69, 9.17) is 14.2 Å². The number of allylic oxidation sites excluding steroid dienone is 1. The average molecular weight is 450 g/mol. The molecule has 0 aromatic heterocycles. The molecule has 1 aliphatic heterocycles. The van der Waals surface area contributed by atoms with Crippen molar-refractivity contribution in [2.24, 2.45) is 11.8 Å². The molecule has 0 fully saturated rings. The zero-order chi connectivity index (χ0) is 23.8. The largest absolute Gasteiger partial charge is 0.468 e. The minimum Gasteiger partial charge on any atom is -0.468 e. The first kappa shape index (κ1) is 23.8. The van der Waals surface area contributed by atoms with E-state index in [1.165, 1.54) is 21.3 Å². The van der Waals surface area contributed by atoms with Gasteiger partial charge in [0.1, 0.15) is 0 Å². The molecule has 0 spiro atoms. The molecule has 0 radical (unpaired) electrons. The molecule has 0 saturated heterocycles. The Bertz CT molecular complexity index is 1020. The van der Waals surface area contributed by atoms with E-state index >= 15 is 0 Å². The van der Waals surface area contributed by atoms with Gasteiger partial charge in [-0.25, -0.2) is 4.79 Å². The minimum atomic E-state index is -1.36. The van der Waals surface area contributed by atoms with Crippen molar-refractivity contribution in [2.45, 2.75) is 12.5 Å². The molecule has 1 aliphatic rings. The molecule has 0 saturated carbocycles. The summed E-state index contributed by atoms with van der Waals surface area (Å²) in [6, 6.07) is 19.1. The molecule has 3 rings (SSSR count). The van der Waals surface area contributed by atoms with Crippen LogP contribution in [-0.2, 0) is 35.1 Å². The third kappa shape index (κ3) is 5.49. The Morgan fingerprint density at radius 3 is 1.97 bits per heavy atom. The van der Waals surface area contributed by atoms with Crippen LogP contribution in [0.25, 0.3) is 0 Å². The standard InChI is InChI=1S/C26H27NO6/c1-31-24(28)21-17-27(16-18-10-6-4-7-11-18)15-14-20(19-12-8-5-9-13-19)22(21)23(25(29)32-2)26(30)33-3/h4-15,17,20,22-23H,16H2,1-3H3/t20-,22+/m1/s1. The first-order valence-electron chi connectivity index (χ1n) is 10.5. The smallest absolute Gasteiger partial charge is 0.335 e. The zero-order valence-electron chi connectivity index (χ0n) is 18.8. The van der Waals surface area contributed by atoms with Crippen molar-refractivity contribution in [3.8, 4) is 0 Å². The van der Waals surface area contributed by atoms with Gasteiger partial charge in [-0.3, -0.25) is 9.59 Å². The second-order valence-corrected chi connectivity index (χ2v) is 7.56. The summed E-state index contributed by atoms with van der Waals surface area (Å²) in [6.45, 7) is 0.479. The summed E-state index contributed by atoms with van der Waals surface area (Å²) in [5.41, 5.74) is 2.02. The molecule has 1 heterocycles. The van der Waals surface area contributed by atoms with Gasteiger partial charge in [0.05, 0.1) is 26.9 Å². The van der Waals surface area contributed by atoms with Crippen LogP contribution in [0.1, 0.15) is 17.0 Å². The lowest BCUT2D eigenvalue weighted by atomic mass is 9.73. The number of esters is 3.